The third-order valence-electron chi connectivity index (χ3n) is 5.20. The van der Waals surface area contributed by atoms with Crippen LogP contribution in [0.25, 0.3) is 5.76 Å². The van der Waals surface area contributed by atoms with E-state index in [1.165, 1.54) is 4.90 Å². The molecule has 0 aliphatic carbocycles. The van der Waals surface area contributed by atoms with Crippen molar-refractivity contribution in [3.63, 3.8) is 0 Å². The van der Waals surface area contributed by atoms with Crippen LogP contribution in [-0.2, 0) is 9.59 Å². The Balaban J connectivity index is 1.90. The molecule has 0 radical (unpaired) electrons. The van der Waals surface area contributed by atoms with Gasteiger partial charge in [0.1, 0.15) is 11.5 Å². The Labute approximate surface area is 186 Å². The molecule has 1 amide bonds. The van der Waals surface area contributed by atoms with Crippen molar-refractivity contribution in [2.45, 2.75) is 32.9 Å². The molecule has 1 aliphatic heterocycles. The Kier molecular flexibility index (Phi) is 5.77. The summed E-state index contributed by atoms with van der Waals surface area (Å²) in [5, 5.41) is 11.2. The van der Waals surface area contributed by atoms with E-state index in [1.54, 1.807) is 54.9 Å². The number of ether oxygens (including phenoxy) is 1. The molecule has 6 nitrogen and oxygen atoms in total. The van der Waals surface area contributed by atoms with E-state index in [9.17, 15) is 14.7 Å². The number of aliphatic hydroxyl groups is 1. The van der Waals surface area contributed by atoms with Gasteiger partial charge in [-0.15, -0.1) is 0 Å². The van der Waals surface area contributed by atoms with Gasteiger partial charge in [-0.1, -0.05) is 30.3 Å². The van der Waals surface area contributed by atoms with Gasteiger partial charge >= 0.3 is 0 Å². The minimum absolute atomic E-state index is 0.0196. The number of anilines is 1. The number of carbonyl (C=O) groups is 2. The minimum Gasteiger partial charge on any atom is -0.507 e. The molecular formula is C26H24N2O4. The summed E-state index contributed by atoms with van der Waals surface area (Å²) in [6.07, 6.45) is 3.18. The number of aryl methyl sites for hydroxylation is 1. The van der Waals surface area contributed by atoms with Crippen molar-refractivity contribution in [3.05, 3.63) is 95.3 Å². The molecule has 1 fully saturated rings. The Morgan fingerprint density at radius 3 is 2.53 bits per heavy atom. The molecule has 1 unspecified atom stereocenters. The van der Waals surface area contributed by atoms with Gasteiger partial charge in [0, 0.05) is 23.6 Å². The maximum absolute atomic E-state index is 13.2. The molecule has 3 aromatic rings. The molecule has 1 saturated heterocycles. The van der Waals surface area contributed by atoms with E-state index in [-0.39, 0.29) is 17.4 Å². The fourth-order valence-corrected chi connectivity index (χ4v) is 3.87. The largest absolute Gasteiger partial charge is 0.507 e. The summed E-state index contributed by atoms with van der Waals surface area (Å²) >= 11 is 0. The standard InChI is InChI=1S/C26H24N2O4/c1-16(2)32-21-11-5-8-18(14-21)24(29)22-23(19-9-6-12-27-15-19)28(26(31)25(22)30)20-10-4-7-17(3)13-20/h4-16,23,29H,1-3H3/b24-22+. The summed E-state index contributed by atoms with van der Waals surface area (Å²) in [7, 11) is 0. The highest BCUT2D eigenvalue weighted by Crippen LogP contribution is 2.42. The van der Waals surface area contributed by atoms with E-state index in [1.807, 2.05) is 39.0 Å². The van der Waals surface area contributed by atoms with Crippen LogP contribution in [0.2, 0.25) is 0 Å². The number of rotatable bonds is 5. The lowest BCUT2D eigenvalue weighted by atomic mass is 9.96. The predicted octanol–water partition coefficient (Wildman–Crippen LogP) is 4.80. The Morgan fingerprint density at radius 2 is 1.84 bits per heavy atom. The number of Topliss-reactive ketones (excluding diaryl/α,β-unsaturated/α-hetero) is 1. The average molecular weight is 428 g/mol. The molecule has 162 valence electrons. The molecule has 1 aromatic heterocycles. The monoisotopic (exact) mass is 428 g/mol. The van der Waals surface area contributed by atoms with E-state index >= 15 is 0 Å². The number of hydrogen-bond acceptors (Lipinski definition) is 5. The smallest absolute Gasteiger partial charge is 0.300 e. The van der Waals surface area contributed by atoms with E-state index in [2.05, 4.69) is 4.98 Å². The van der Waals surface area contributed by atoms with Crippen molar-refractivity contribution in [1.82, 2.24) is 4.98 Å². The van der Waals surface area contributed by atoms with Crippen molar-refractivity contribution < 1.29 is 19.4 Å². The van der Waals surface area contributed by atoms with Crippen LogP contribution < -0.4 is 9.64 Å². The zero-order valence-corrected chi connectivity index (χ0v) is 18.1. The van der Waals surface area contributed by atoms with E-state index < -0.39 is 17.7 Å². The molecule has 1 atom stereocenters. The molecule has 6 heteroatoms. The first-order chi connectivity index (χ1) is 15.4. The number of nitrogens with zero attached hydrogens (tertiary/aromatic N) is 2. The lowest BCUT2D eigenvalue weighted by Gasteiger charge is -2.25. The second kappa shape index (κ2) is 8.67. The second-order valence-corrected chi connectivity index (χ2v) is 7.99. The average Bonchev–Trinajstić information content (AvgIpc) is 3.04. The number of amides is 1. The van der Waals surface area contributed by atoms with Crippen molar-refractivity contribution in [2.75, 3.05) is 4.90 Å². The number of ketones is 1. The summed E-state index contributed by atoms with van der Waals surface area (Å²) in [5.41, 5.74) is 2.58. The summed E-state index contributed by atoms with van der Waals surface area (Å²) in [4.78, 5) is 31.9. The number of aromatic nitrogens is 1. The van der Waals surface area contributed by atoms with Gasteiger partial charge in [0.15, 0.2) is 0 Å². The highest BCUT2D eigenvalue weighted by molar-refractivity contribution is 6.51. The molecule has 1 N–H and O–H groups in total. The van der Waals surface area contributed by atoms with Gasteiger partial charge in [-0.2, -0.15) is 0 Å². The van der Waals surface area contributed by atoms with Crippen molar-refractivity contribution in [3.8, 4) is 5.75 Å². The van der Waals surface area contributed by atoms with E-state index in [0.717, 1.165) is 5.56 Å². The first-order valence-electron chi connectivity index (χ1n) is 10.4. The Bertz CT molecular complexity index is 1200. The first kappa shape index (κ1) is 21.3. The minimum atomic E-state index is -0.805. The van der Waals surface area contributed by atoms with Crippen LogP contribution in [0.4, 0.5) is 5.69 Å². The normalized spacial score (nSPS) is 17.8. The molecule has 0 bridgehead atoms. The third kappa shape index (κ3) is 3.99. The number of carbonyl (C=O) groups excluding carboxylic acids is 2. The molecule has 4 rings (SSSR count). The zero-order valence-electron chi connectivity index (χ0n) is 18.1. The second-order valence-electron chi connectivity index (χ2n) is 7.99. The van der Waals surface area contributed by atoms with Gasteiger partial charge in [0.2, 0.25) is 0 Å². The Hall–Kier alpha value is -3.93. The van der Waals surface area contributed by atoms with Crippen LogP contribution >= 0.6 is 0 Å². The number of aliphatic hydroxyl groups excluding tert-OH is 1. The van der Waals surface area contributed by atoms with Crippen LogP contribution in [0.5, 0.6) is 5.75 Å². The van der Waals surface area contributed by atoms with Gasteiger partial charge < -0.3 is 9.84 Å². The molecule has 1 aliphatic rings. The molecular weight excluding hydrogens is 404 g/mol. The van der Waals surface area contributed by atoms with Gasteiger partial charge in [0.25, 0.3) is 11.7 Å². The molecule has 0 saturated carbocycles. The number of pyridine rings is 1. The highest BCUT2D eigenvalue weighted by Gasteiger charge is 2.47. The van der Waals surface area contributed by atoms with E-state index in [0.29, 0.717) is 22.6 Å². The fraction of sp³-hybridized carbons (Fsp3) is 0.192. The zero-order chi connectivity index (χ0) is 22.8. The quantitative estimate of drug-likeness (QED) is 0.359. The molecule has 0 spiro atoms. The number of hydrogen-bond donors (Lipinski definition) is 1. The van der Waals surface area contributed by atoms with Gasteiger partial charge in [0.05, 0.1) is 17.7 Å². The lowest BCUT2D eigenvalue weighted by molar-refractivity contribution is -0.132. The maximum Gasteiger partial charge on any atom is 0.300 e. The maximum atomic E-state index is 13.2. The van der Waals surface area contributed by atoms with Gasteiger partial charge in [-0.3, -0.25) is 19.5 Å². The molecule has 32 heavy (non-hydrogen) atoms. The van der Waals surface area contributed by atoms with Gasteiger partial charge in [-0.05, 0) is 62.2 Å². The van der Waals surface area contributed by atoms with Crippen LogP contribution in [0, 0.1) is 6.92 Å². The van der Waals surface area contributed by atoms with Crippen molar-refractivity contribution in [2.24, 2.45) is 0 Å². The molecule has 2 aromatic carbocycles. The summed E-state index contributed by atoms with van der Waals surface area (Å²) in [6, 6.07) is 16.9. The molecule has 2 heterocycles. The summed E-state index contributed by atoms with van der Waals surface area (Å²) < 4.78 is 5.72. The predicted molar refractivity (Wildman–Crippen MR) is 122 cm³/mol. The van der Waals surface area contributed by atoms with E-state index in [4.69, 9.17) is 4.74 Å². The van der Waals surface area contributed by atoms with Crippen LogP contribution in [0.3, 0.4) is 0 Å². The van der Waals surface area contributed by atoms with Crippen LogP contribution in [0.1, 0.15) is 36.6 Å². The van der Waals surface area contributed by atoms with Crippen molar-refractivity contribution >= 4 is 23.1 Å². The van der Waals surface area contributed by atoms with Crippen molar-refractivity contribution in [1.29, 1.82) is 0 Å². The summed E-state index contributed by atoms with van der Waals surface area (Å²) in [6.45, 7) is 5.73. The lowest BCUT2D eigenvalue weighted by Crippen LogP contribution is -2.29. The fourth-order valence-electron chi connectivity index (χ4n) is 3.87. The number of benzene rings is 2. The van der Waals surface area contributed by atoms with Gasteiger partial charge in [-0.25, -0.2) is 0 Å². The summed E-state index contributed by atoms with van der Waals surface area (Å²) in [5.74, 6) is -1.12. The highest BCUT2D eigenvalue weighted by atomic mass is 16.5. The SMILES string of the molecule is Cc1cccc(N2C(=O)C(=O)/C(=C(/O)c3cccc(OC(C)C)c3)C2c2cccnc2)c1. The topological polar surface area (TPSA) is 79.7 Å². The first-order valence-corrected chi connectivity index (χ1v) is 10.4. The Morgan fingerprint density at radius 1 is 1.06 bits per heavy atom. The van der Waals surface area contributed by atoms with Crippen LogP contribution in [0.15, 0.2) is 78.6 Å². The van der Waals surface area contributed by atoms with Crippen LogP contribution in [-0.4, -0.2) is 27.9 Å². The third-order valence-corrected chi connectivity index (χ3v) is 5.20.